The summed E-state index contributed by atoms with van der Waals surface area (Å²) < 4.78 is 49.9. The van der Waals surface area contributed by atoms with Gasteiger partial charge in [0.1, 0.15) is 5.52 Å². The van der Waals surface area contributed by atoms with Crippen molar-refractivity contribution >= 4 is 56.9 Å². The highest BCUT2D eigenvalue weighted by atomic mass is 35.5. The number of halogens is 5. The fourth-order valence-corrected chi connectivity index (χ4v) is 10.5. The molecule has 7 heterocycles. The van der Waals surface area contributed by atoms with Crippen LogP contribution in [0.1, 0.15) is 61.1 Å². The topological polar surface area (TPSA) is 112 Å². The predicted molar refractivity (Wildman–Crippen MR) is 205 cm³/mol. The van der Waals surface area contributed by atoms with Crippen molar-refractivity contribution in [3.8, 4) is 22.9 Å². The normalized spacial score (nSPS) is 25.3. The molecule has 3 aromatic heterocycles. The standard InChI is InChI=1S/C41H37Cl2F3N8O2/c1-19-27-13-31(37-23-10-24(53(37)39(55)20-7-8-20)18-52(17-23)41-49-15-25(16-50-41)56-40(45)46)54(36-22-12-30(36)48-14-22)38(27)28-11-21(4-3-9-47)32(34(44)35(28)51-19)26-5-2-6-29(42)33(26)43/h2,5-6,11,13,15-16,20,22-24,30,36-37,40,48H,3-4,7-8,10,12,14,17-18H2,1H3/t22-,23+,24-,30-,36+,37-/m1/s1. The molecule has 2 aromatic carbocycles. The Kier molecular flexibility index (Phi) is 8.61. The highest BCUT2D eigenvalue weighted by Crippen LogP contribution is 2.54. The number of nitrogens with one attached hydrogen (secondary N) is 1. The van der Waals surface area contributed by atoms with Crippen molar-refractivity contribution in [3.63, 3.8) is 0 Å². The zero-order chi connectivity index (χ0) is 38.6. The largest absolute Gasteiger partial charge is 0.432 e. The highest BCUT2D eigenvalue weighted by Gasteiger charge is 2.55. The third kappa shape index (κ3) is 5.62. The number of hydrogen-bond donors (Lipinski definition) is 1. The molecule has 4 aliphatic heterocycles. The number of piperidine rings is 1. The lowest BCUT2D eigenvalue weighted by Gasteiger charge is -2.40. The number of ether oxygens (including phenoxy) is 1. The number of carbonyl (C=O) groups is 1. The number of nitriles is 1. The van der Waals surface area contributed by atoms with E-state index in [2.05, 4.69) is 41.6 Å². The van der Waals surface area contributed by atoms with Gasteiger partial charge in [-0.05, 0) is 68.7 Å². The molecular formula is C41H37Cl2F3N8O2. The first-order valence-electron chi connectivity index (χ1n) is 19.2. The predicted octanol–water partition coefficient (Wildman–Crippen LogP) is 8.18. The Morgan fingerprint density at radius 2 is 1.91 bits per heavy atom. The minimum absolute atomic E-state index is 0.00446. The van der Waals surface area contributed by atoms with Crippen LogP contribution in [0, 0.1) is 41.8 Å². The molecule has 4 saturated heterocycles. The lowest BCUT2D eigenvalue weighted by atomic mass is 9.79. The summed E-state index contributed by atoms with van der Waals surface area (Å²) >= 11 is 13.1. The molecule has 2 saturated carbocycles. The Labute approximate surface area is 330 Å². The Bertz CT molecular complexity index is 2460. The lowest BCUT2D eigenvalue weighted by Crippen LogP contribution is -2.45. The lowest BCUT2D eigenvalue weighted by molar-refractivity contribution is -0.135. The molecule has 6 aliphatic rings. The second-order valence-corrected chi connectivity index (χ2v) is 16.7. The molecule has 0 unspecified atom stereocenters. The zero-order valence-corrected chi connectivity index (χ0v) is 31.9. The first-order chi connectivity index (χ1) is 27.1. The number of fused-ring (bicyclic) bond motifs is 6. The number of pyridine rings is 1. The van der Waals surface area contributed by atoms with Crippen LogP contribution in [-0.4, -0.2) is 68.7 Å². The van der Waals surface area contributed by atoms with Gasteiger partial charge in [0.2, 0.25) is 11.9 Å². The minimum Gasteiger partial charge on any atom is -0.432 e. The van der Waals surface area contributed by atoms with Crippen LogP contribution in [0.4, 0.5) is 19.1 Å². The van der Waals surface area contributed by atoms with E-state index in [0.717, 1.165) is 48.8 Å². The number of likely N-dealkylation sites (tertiary alicyclic amines) is 1. The summed E-state index contributed by atoms with van der Waals surface area (Å²) in [7, 11) is 0. The van der Waals surface area contributed by atoms with Crippen LogP contribution in [0.25, 0.3) is 32.9 Å². The van der Waals surface area contributed by atoms with Crippen LogP contribution in [0.3, 0.4) is 0 Å². The first kappa shape index (κ1) is 35.8. The SMILES string of the molecule is Cc1nc2c(F)c(-c3cccc(Cl)c3Cl)c(CCC#N)cc2c2c1cc([C@H]1[C@H]3C[C@H](CN(c4ncc(OC(F)F)cn4)C3)N1C(=O)C1CC1)n2[C@H]1[C@H]2CN[C@@H]1C2. The van der Waals surface area contributed by atoms with Crippen molar-refractivity contribution in [2.45, 2.75) is 76.2 Å². The van der Waals surface area contributed by atoms with Crippen molar-refractivity contribution in [1.82, 2.24) is 29.7 Å². The molecule has 6 atom stereocenters. The van der Waals surface area contributed by atoms with E-state index in [1.165, 1.54) is 12.4 Å². The van der Waals surface area contributed by atoms with Gasteiger partial charge in [0.25, 0.3) is 0 Å². The van der Waals surface area contributed by atoms with Gasteiger partial charge in [0, 0.05) is 77.2 Å². The van der Waals surface area contributed by atoms with E-state index in [4.69, 9.17) is 28.2 Å². The molecule has 10 nitrogen and oxygen atoms in total. The quantitative estimate of drug-likeness (QED) is 0.159. The number of alkyl halides is 2. The third-order valence-electron chi connectivity index (χ3n) is 12.6. The number of rotatable bonds is 9. The maximum atomic E-state index is 17.3. The summed E-state index contributed by atoms with van der Waals surface area (Å²) in [6, 6.07) is 11.4. The number of aromatic nitrogens is 4. The smallest absolute Gasteiger partial charge is 0.387 e. The van der Waals surface area contributed by atoms with E-state index in [1.807, 2.05) is 17.9 Å². The average molecular weight is 802 g/mol. The molecule has 56 heavy (non-hydrogen) atoms. The van der Waals surface area contributed by atoms with Crippen LogP contribution in [-0.2, 0) is 11.2 Å². The van der Waals surface area contributed by atoms with Gasteiger partial charge < -0.3 is 24.4 Å². The Morgan fingerprint density at radius 3 is 2.61 bits per heavy atom. The van der Waals surface area contributed by atoms with Gasteiger partial charge in [-0.1, -0.05) is 35.3 Å². The van der Waals surface area contributed by atoms with Crippen molar-refractivity contribution in [3.05, 3.63) is 75.5 Å². The Morgan fingerprint density at radius 1 is 1.11 bits per heavy atom. The van der Waals surface area contributed by atoms with Crippen LogP contribution >= 0.6 is 23.2 Å². The average Bonchev–Trinajstić information content (AvgIpc) is 3.46. The molecule has 1 amide bonds. The summed E-state index contributed by atoms with van der Waals surface area (Å²) in [5, 5.41) is 15.4. The van der Waals surface area contributed by atoms with Gasteiger partial charge in [-0.25, -0.2) is 19.3 Å². The number of hydrogen-bond acceptors (Lipinski definition) is 8. The van der Waals surface area contributed by atoms with Crippen LogP contribution in [0.2, 0.25) is 10.0 Å². The molecule has 1 N–H and O–H groups in total. The van der Waals surface area contributed by atoms with E-state index < -0.39 is 12.4 Å². The number of nitrogens with zero attached hydrogens (tertiary/aromatic N) is 7. The van der Waals surface area contributed by atoms with Crippen molar-refractivity contribution in [2.75, 3.05) is 24.5 Å². The van der Waals surface area contributed by atoms with Gasteiger partial charge in [0.05, 0.1) is 52.2 Å². The number of amides is 1. The first-order valence-corrected chi connectivity index (χ1v) is 19.9. The highest BCUT2D eigenvalue weighted by molar-refractivity contribution is 6.43. The summed E-state index contributed by atoms with van der Waals surface area (Å²) in [5.74, 6) is 0.240. The van der Waals surface area contributed by atoms with E-state index in [-0.39, 0.29) is 70.2 Å². The van der Waals surface area contributed by atoms with Crippen molar-refractivity contribution in [2.24, 2.45) is 17.8 Å². The Hall–Kier alpha value is -4.64. The fourth-order valence-electron chi connectivity index (χ4n) is 10.1. The fraction of sp³-hybridized carbons (Fsp3) is 0.439. The van der Waals surface area contributed by atoms with Gasteiger partial charge in [-0.15, -0.1) is 0 Å². The molecule has 0 spiro atoms. The maximum Gasteiger partial charge on any atom is 0.387 e. The monoisotopic (exact) mass is 800 g/mol. The third-order valence-corrected chi connectivity index (χ3v) is 13.5. The Balaban J connectivity index is 1.17. The van der Waals surface area contributed by atoms with Crippen LogP contribution < -0.4 is 15.0 Å². The molecule has 5 aromatic rings. The second-order valence-electron chi connectivity index (χ2n) is 15.9. The van der Waals surface area contributed by atoms with Gasteiger partial charge in [0.15, 0.2) is 11.6 Å². The van der Waals surface area contributed by atoms with Crippen molar-refractivity contribution in [1.29, 1.82) is 5.26 Å². The molecule has 4 bridgehead atoms. The second kappa shape index (κ2) is 13.5. The number of benzene rings is 2. The number of aryl methyl sites for hydroxylation is 2. The molecule has 2 aliphatic carbocycles. The van der Waals surface area contributed by atoms with E-state index in [9.17, 15) is 18.8 Å². The summed E-state index contributed by atoms with van der Waals surface area (Å²) in [6.07, 6.45) is 6.51. The molecule has 6 fully saturated rings. The minimum atomic E-state index is -2.98. The molecule has 15 heteroatoms. The van der Waals surface area contributed by atoms with Crippen LogP contribution in [0.5, 0.6) is 5.75 Å². The molecule has 288 valence electrons. The van der Waals surface area contributed by atoms with Gasteiger partial charge in [-0.3, -0.25) is 4.79 Å². The molecule has 0 radical (unpaired) electrons. The number of carbonyl (C=O) groups excluding carboxylic acids is 1. The van der Waals surface area contributed by atoms with E-state index in [0.29, 0.717) is 58.6 Å². The van der Waals surface area contributed by atoms with Crippen LogP contribution in [0.15, 0.2) is 42.7 Å². The summed E-state index contributed by atoms with van der Waals surface area (Å²) in [5.41, 5.74) is 4.14. The summed E-state index contributed by atoms with van der Waals surface area (Å²) in [6.45, 7) is 0.845. The van der Waals surface area contributed by atoms with Gasteiger partial charge in [-0.2, -0.15) is 14.0 Å². The van der Waals surface area contributed by atoms with Gasteiger partial charge >= 0.3 is 6.61 Å². The van der Waals surface area contributed by atoms with Crippen molar-refractivity contribution < 1.29 is 22.7 Å². The molecular weight excluding hydrogens is 764 g/mol. The number of anilines is 1. The van der Waals surface area contributed by atoms with E-state index >= 15 is 4.39 Å². The zero-order valence-electron chi connectivity index (χ0n) is 30.4. The molecule has 11 rings (SSSR count). The van der Waals surface area contributed by atoms with E-state index in [1.54, 1.807) is 18.2 Å². The summed E-state index contributed by atoms with van der Waals surface area (Å²) in [4.78, 5) is 32.2. The maximum absolute atomic E-state index is 17.3.